The van der Waals surface area contributed by atoms with Gasteiger partial charge in [0.15, 0.2) is 0 Å². The average molecular weight is 450 g/mol. The predicted octanol–water partition coefficient (Wildman–Crippen LogP) is 3.57. The summed E-state index contributed by atoms with van der Waals surface area (Å²) < 4.78 is 25.8. The number of nitrogens with one attached hydrogen (secondary N) is 2. The predicted molar refractivity (Wildman–Crippen MR) is 121 cm³/mol. The van der Waals surface area contributed by atoms with Crippen molar-refractivity contribution in [1.29, 1.82) is 0 Å². The van der Waals surface area contributed by atoms with Gasteiger partial charge >= 0.3 is 0 Å². The van der Waals surface area contributed by atoms with Crippen LogP contribution in [0.5, 0.6) is 0 Å². The van der Waals surface area contributed by atoms with Crippen molar-refractivity contribution < 1.29 is 8.42 Å². The molecule has 8 nitrogen and oxygen atoms in total. The number of rotatable bonds is 7. The van der Waals surface area contributed by atoms with E-state index < -0.39 is 16.1 Å². The fourth-order valence-electron chi connectivity index (χ4n) is 3.12. The molecule has 3 heterocycles. The molecule has 0 aromatic carbocycles. The Morgan fingerprint density at radius 3 is 2.60 bits per heavy atom. The maximum atomic E-state index is 12.5. The highest BCUT2D eigenvalue weighted by molar-refractivity contribution is 7.92. The molecule has 10 heteroatoms. The van der Waals surface area contributed by atoms with Crippen LogP contribution < -0.4 is 15.2 Å². The molecule has 1 atom stereocenters. The number of hydrogen-bond donors (Lipinski definition) is 2. The Labute approximate surface area is 180 Å². The number of anilines is 2. The Morgan fingerprint density at radius 2 is 1.93 bits per heavy atom. The van der Waals surface area contributed by atoms with Gasteiger partial charge in [0, 0.05) is 36.0 Å². The Kier molecular flexibility index (Phi) is 6.33. The summed E-state index contributed by atoms with van der Waals surface area (Å²) in [7, 11) is -3.44. The van der Waals surface area contributed by atoms with E-state index in [4.69, 9.17) is 11.6 Å². The molecule has 30 heavy (non-hydrogen) atoms. The quantitative estimate of drug-likeness (QED) is 0.570. The summed E-state index contributed by atoms with van der Waals surface area (Å²) >= 11 is 6.01. The zero-order valence-corrected chi connectivity index (χ0v) is 18.8. The van der Waals surface area contributed by atoms with Crippen LogP contribution >= 0.6 is 11.6 Å². The summed E-state index contributed by atoms with van der Waals surface area (Å²) in [5.41, 5.74) is 1.18. The van der Waals surface area contributed by atoms with E-state index >= 15 is 0 Å². The van der Waals surface area contributed by atoms with Crippen LogP contribution in [0.25, 0.3) is 11.0 Å². The second-order valence-corrected chi connectivity index (χ2v) is 9.94. The van der Waals surface area contributed by atoms with Crippen LogP contribution in [-0.4, -0.2) is 36.2 Å². The summed E-state index contributed by atoms with van der Waals surface area (Å²) in [6.45, 7) is 6.09. The number of H-pyrrole nitrogens is 1. The largest absolute Gasteiger partial charge is 0.363 e. The van der Waals surface area contributed by atoms with Crippen LogP contribution in [0.2, 0.25) is 5.02 Å². The highest BCUT2D eigenvalue weighted by Gasteiger charge is 2.20. The van der Waals surface area contributed by atoms with Crippen LogP contribution in [0.4, 0.5) is 11.5 Å². The van der Waals surface area contributed by atoms with Crippen molar-refractivity contribution in [1.82, 2.24) is 15.0 Å². The molecule has 2 N–H and O–H groups in total. The minimum atomic E-state index is -3.44. The van der Waals surface area contributed by atoms with Crippen molar-refractivity contribution in [2.24, 2.45) is 5.92 Å². The molecule has 0 aliphatic rings. The first-order valence-electron chi connectivity index (χ1n) is 9.43. The van der Waals surface area contributed by atoms with E-state index in [1.54, 1.807) is 24.3 Å². The molecule has 0 saturated carbocycles. The summed E-state index contributed by atoms with van der Waals surface area (Å²) in [5, 5.41) is 4.36. The van der Waals surface area contributed by atoms with Crippen molar-refractivity contribution in [3.8, 4) is 0 Å². The van der Waals surface area contributed by atoms with Gasteiger partial charge in [-0.3, -0.25) is 9.10 Å². The lowest BCUT2D eigenvalue weighted by Gasteiger charge is -2.25. The summed E-state index contributed by atoms with van der Waals surface area (Å²) in [6, 6.07) is 6.38. The van der Waals surface area contributed by atoms with Crippen molar-refractivity contribution in [2.75, 3.05) is 22.4 Å². The Hall–Kier alpha value is -2.65. The number of aromatic amines is 1. The van der Waals surface area contributed by atoms with Crippen molar-refractivity contribution in [3.63, 3.8) is 0 Å². The third-order valence-electron chi connectivity index (χ3n) is 4.48. The molecule has 3 aromatic rings. The second-order valence-electron chi connectivity index (χ2n) is 7.60. The molecule has 0 bridgehead atoms. The number of pyridine rings is 3. The highest BCUT2D eigenvalue weighted by Crippen LogP contribution is 2.24. The molecular formula is C20H24ClN5O3S. The van der Waals surface area contributed by atoms with Gasteiger partial charge in [0.1, 0.15) is 11.5 Å². The lowest BCUT2D eigenvalue weighted by molar-refractivity contribution is 0.583. The molecule has 3 aromatic heterocycles. The molecule has 0 spiro atoms. The van der Waals surface area contributed by atoms with Gasteiger partial charge < -0.3 is 10.3 Å². The number of halogens is 1. The van der Waals surface area contributed by atoms with Gasteiger partial charge in [-0.2, -0.15) is 0 Å². The Bertz CT molecular complexity index is 1230. The Balaban J connectivity index is 1.91. The minimum absolute atomic E-state index is 0.153. The van der Waals surface area contributed by atoms with Crippen molar-refractivity contribution in [3.05, 3.63) is 57.6 Å². The lowest BCUT2D eigenvalue weighted by Crippen LogP contribution is -2.33. The SMILES string of the molecule is CC(C)CN(c1ccnc(N[C@@H](C)c2cc3cc(Cl)cnc3[nH]c2=O)c1)S(C)(=O)=O. The van der Waals surface area contributed by atoms with E-state index in [0.717, 1.165) is 0 Å². The first-order valence-corrected chi connectivity index (χ1v) is 11.7. The van der Waals surface area contributed by atoms with Crippen LogP contribution in [0.3, 0.4) is 0 Å². The number of nitrogens with zero attached hydrogens (tertiary/aromatic N) is 3. The first-order chi connectivity index (χ1) is 14.0. The van der Waals surface area contributed by atoms with Gasteiger partial charge in [0.05, 0.1) is 23.0 Å². The van der Waals surface area contributed by atoms with Crippen LogP contribution in [0, 0.1) is 5.92 Å². The van der Waals surface area contributed by atoms with Crippen LogP contribution in [0.1, 0.15) is 32.4 Å². The summed E-state index contributed by atoms with van der Waals surface area (Å²) in [6.07, 6.45) is 4.19. The van der Waals surface area contributed by atoms with Gasteiger partial charge in [-0.15, -0.1) is 0 Å². The van der Waals surface area contributed by atoms with E-state index in [1.807, 2.05) is 20.8 Å². The van der Waals surface area contributed by atoms with Crippen molar-refractivity contribution >= 4 is 44.2 Å². The van der Waals surface area contributed by atoms with E-state index in [-0.39, 0.29) is 11.5 Å². The number of aromatic nitrogens is 3. The average Bonchev–Trinajstić information content (AvgIpc) is 2.65. The van der Waals surface area contributed by atoms with Gasteiger partial charge in [0.2, 0.25) is 10.0 Å². The minimum Gasteiger partial charge on any atom is -0.363 e. The zero-order chi connectivity index (χ0) is 22.1. The third-order valence-corrected chi connectivity index (χ3v) is 5.85. The topological polar surface area (TPSA) is 108 Å². The van der Waals surface area contributed by atoms with E-state index in [9.17, 15) is 13.2 Å². The molecule has 3 rings (SSSR count). The van der Waals surface area contributed by atoms with E-state index in [2.05, 4.69) is 20.3 Å². The first kappa shape index (κ1) is 22.0. The van der Waals surface area contributed by atoms with E-state index in [1.165, 1.54) is 23.0 Å². The van der Waals surface area contributed by atoms with Gasteiger partial charge in [-0.05, 0) is 31.0 Å². The van der Waals surface area contributed by atoms with Gasteiger partial charge in [0.25, 0.3) is 5.56 Å². The highest BCUT2D eigenvalue weighted by atomic mass is 35.5. The molecule has 0 saturated heterocycles. The molecule has 0 fully saturated rings. The molecule has 0 unspecified atom stereocenters. The van der Waals surface area contributed by atoms with Crippen LogP contribution in [0.15, 0.2) is 41.5 Å². The Morgan fingerprint density at radius 1 is 1.20 bits per heavy atom. The van der Waals surface area contributed by atoms with Crippen molar-refractivity contribution in [2.45, 2.75) is 26.8 Å². The fourth-order valence-corrected chi connectivity index (χ4v) is 4.35. The summed E-state index contributed by atoms with van der Waals surface area (Å²) in [4.78, 5) is 23.6. The standard InChI is InChI=1S/C20H24ClN5O3S/c1-12(2)11-26(30(4,28)29)16-5-6-22-18(9-16)24-13(3)17-8-14-7-15(21)10-23-19(14)25-20(17)27/h5-10,12-13H,11H2,1-4H3,(H,22,24)(H,23,25,27)/t13-/m0/s1. The summed E-state index contributed by atoms with van der Waals surface area (Å²) in [5.74, 6) is 0.612. The molecule has 0 radical (unpaired) electrons. The maximum absolute atomic E-state index is 12.5. The zero-order valence-electron chi connectivity index (χ0n) is 17.2. The monoisotopic (exact) mass is 449 g/mol. The second kappa shape index (κ2) is 8.61. The normalized spacial score (nSPS) is 12.9. The lowest BCUT2D eigenvalue weighted by atomic mass is 10.1. The molecule has 0 aliphatic carbocycles. The maximum Gasteiger partial charge on any atom is 0.254 e. The van der Waals surface area contributed by atoms with E-state index in [0.29, 0.717) is 39.7 Å². The molecule has 0 amide bonds. The number of sulfonamides is 1. The van der Waals surface area contributed by atoms with Crippen LogP contribution in [-0.2, 0) is 10.0 Å². The van der Waals surface area contributed by atoms with Gasteiger partial charge in [-0.1, -0.05) is 25.4 Å². The third kappa shape index (κ3) is 5.09. The molecule has 160 valence electrons. The number of fused-ring (bicyclic) bond motifs is 1. The molecular weight excluding hydrogens is 426 g/mol. The smallest absolute Gasteiger partial charge is 0.254 e. The van der Waals surface area contributed by atoms with Gasteiger partial charge in [-0.25, -0.2) is 18.4 Å². The molecule has 0 aliphatic heterocycles. The fraction of sp³-hybridized carbons (Fsp3) is 0.350. The number of hydrogen-bond acceptors (Lipinski definition) is 6.